The van der Waals surface area contributed by atoms with Crippen LogP contribution in [0.1, 0.15) is 43.6 Å². The second-order valence-electron chi connectivity index (χ2n) is 4.36. The second kappa shape index (κ2) is 4.73. The highest BCUT2D eigenvalue weighted by atomic mass is 19.2. The van der Waals surface area contributed by atoms with Gasteiger partial charge in [-0.25, -0.2) is 8.78 Å². The number of hydrogen-bond acceptors (Lipinski definition) is 1. The third-order valence-electron chi connectivity index (χ3n) is 3.15. The molecule has 1 aromatic rings. The van der Waals surface area contributed by atoms with Crippen molar-refractivity contribution in [1.82, 2.24) is 0 Å². The number of benzene rings is 1. The fourth-order valence-corrected chi connectivity index (χ4v) is 2.24. The molecule has 0 bridgehead atoms. The van der Waals surface area contributed by atoms with Crippen molar-refractivity contribution in [3.05, 3.63) is 35.4 Å². The Bertz CT molecular complexity index is 401. The molecule has 3 heteroatoms. The molecule has 0 radical (unpaired) electrons. The molecule has 16 heavy (non-hydrogen) atoms. The fraction of sp³-hybridized carbons (Fsp3) is 0.462. The SMILES string of the molecule is O=C1CCCCC(c2ccc(F)c(F)c2)C1. The van der Waals surface area contributed by atoms with Crippen molar-refractivity contribution in [2.45, 2.75) is 38.0 Å². The summed E-state index contributed by atoms with van der Waals surface area (Å²) in [7, 11) is 0. The Balaban J connectivity index is 2.21. The van der Waals surface area contributed by atoms with E-state index in [9.17, 15) is 13.6 Å². The molecule has 0 N–H and O–H groups in total. The molecule has 1 saturated carbocycles. The Morgan fingerprint density at radius 2 is 1.94 bits per heavy atom. The van der Waals surface area contributed by atoms with Crippen molar-refractivity contribution in [2.24, 2.45) is 0 Å². The van der Waals surface area contributed by atoms with Crippen LogP contribution in [0, 0.1) is 11.6 Å². The van der Waals surface area contributed by atoms with Gasteiger partial charge >= 0.3 is 0 Å². The zero-order chi connectivity index (χ0) is 11.5. The van der Waals surface area contributed by atoms with E-state index in [0.29, 0.717) is 12.8 Å². The summed E-state index contributed by atoms with van der Waals surface area (Å²) in [4.78, 5) is 11.5. The normalized spacial score (nSPS) is 21.9. The third kappa shape index (κ3) is 2.46. The van der Waals surface area contributed by atoms with Crippen LogP contribution in [-0.4, -0.2) is 5.78 Å². The van der Waals surface area contributed by atoms with Crippen LogP contribution in [0.15, 0.2) is 18.2 Å². The second-order valence-corrected chi connectivity index (χ2v) is 4.36. The standard InChI is InChI=1S/C13H14F2O/c14-12-6-5-10(8-13(12)15)9-3-1-2-4-11(16)7-9/h5-6,8-9H,1-4,7H2. The highest BCUT2D eigenvalue weighted by Crippen LogP contribution is 2.30. The van der Waals surface area contributed by atoms with Gasteiger partial charge in [0.15, 0.2) is 11.6 Å². The summed E-state index contributed by atoms with van der Waals surface area (Å²) < 4.78 is 25.9. The van der Waals surface area contributed by atoms with Gasteiger partial charge in [0.25, 0.3) is 0 Å². The Hall–Kier alpha value is -1.25. The van der Waals surface area contributed by atoms with E-state index in [1.54, 1.807) is 6.07 Å². The maximum absolute atomic E-state index is 13.1. The summed E-state index contributed by atoms with van der Waals surface area (Å²) in [5.74, 6) is -1.37. The van der Waals surface area contributed by atoms with Crippen LogP contribution < -0.4 is 0 Å². The van der Waals surface area contributed by atoms with Crippen molar-refractivity contribution < 1.29 is 13.6 Å². The molecule has 86 valence electrons. The average Bonchev–Trinajstić information content (AvgIpc) is 2.47. The highest BCUT2D eigenvalue weighted by molar-refractivity contribution is 5.79. The minimum atomic E-state index is -0.830. The van der Waals surface area contributed by atoms with Gasteiger partial charge in [0.2, 0.25) is 0 Å². The first-order valence-electron chi connectivity index (χ1n) is 5.63. The van der Waals surface area contributed by atoms with Gasteiger partial charge in [-0.1, -0.05) is 12.5 Å². The molecule has 1 unspecified atom stereocenters. The van der Waals surface area contributed by atoms with Gasteiger partial charge in [-0.15, -0.1) is 0 Å². The van der Waals surface area contributed by atoms with Crippen LogP contribution in [0.3, 0.4) is 0 Å². The molecule has 1 fully saturated rings. The fourth-order valence-electron chi connectivity index (χ4n) is 2.24. The summed E-state index contributed by atoms with van der Waals surface area (Å²) >= 11 is 0. The minimum Gasteiger partial charge on any atom is -0.300 e. The molecular weight excluding hydrogens is 210 g/mol. The smallest absolute Gasteiger partial charge is 0.159 e. The first-order valence-corrected chi connectivity index (χ1v) is 5.63. The largest absolute Gasteiger partial charge is 0.300 e. The van der Waals surface area contributed by atoms with Crippen LogP contribution in [-0.2, 0) is 4.79 Å². The van der Waals surface area contributed by atoms with E-state index in [4.69, 9.17) is 0 Å². The van der Waals surface area contributed by atoms with E-state index in [2.05, 4.69) is 0 Å². The van der Waals surface area contributed by atoms with Crippen molar-refractivity contribution in [3.8, 4) is 0 Å². The summed E-state index contributed by atoms with van der Waals surface area (Å²) in [5, 5.41) is 0. The Kier molecular flexibility index (Phi) is 3.32. The lowest BCUT2D eigenvalue weighted by Crippen LogP contribution is -2.04. The molecule has 2 rings (SSSR count). The summed E-state index contributed by atoms with van der Waals surface area (Å²) in [5.41, 5.74) is 0.745. The number of carbonyl (C=O) groups excluding carboxylic acids is 1. The number of Topliss-reactive ketones (excluding diaryl/α,β-unsaturated/α-hetero) is 1. The maximum atomic E-state index is 13.1. The van der Waals surface area contributed by atoms with Crippen LogP contribution in [0.5, 0.6) is 0 Å². The van der Waals surface area contributed by atoms with Crippen molar-refractivity contribution in [3.63, 3.8) is 0 Å². The molecule has 1 aliphatic carbocycles. The highest BCUT2D eigenvalue weighted by Gasteiger charge is 2.20. The number of rotatable bonds is 1. The van der Waals surface area contributed by atoms with E-state index in [1.807, 2.05) is 0 Å². The summed E-state index contributed by atoms with van der Waals surface area (Å²) in [6.07, 6.45) is 3.87. The predicted octanol–water partition coefficient (Wildman–Crippen LogP) is 3.58. The first kappa shape index (κ1) is 11.2. The molecule has 1 nitrogen and oxygen atoms in total. The van der Waals surface area contributed by atoms with Crippen molar-refractivity contribution in [2.75, 3.05) is 0 Å². The van der Waals surface area contributed by atoms with E-state index in [1.165, 1.54) is 6.07 Å². The van der Waals surface area contributed by atoms with Gasteiger partial charge in [0.1, 0.15) is 5.78 Å². The monoisotopic (exact) mass is 224 g/mol. The topological polar surface area (TPSA) is 17.1 Å². The number of ketones is 1. The third-order valence-corrected chi connectivity index (χ3v) is 3.15. The molecule has 1 aliphatic rings. The number of halogens is 2. The van der Waals surface area contributed by atoms with Crippen LogP contribution in [0.25, 0.3) is 0 Å². The van der Waals surface area contributed by atoms with Crippen LogP contribution in [0.2, 0.25) is 0 Å². The molecule has 0 heterocycles. The Morgan fingerprint density at radius 1 is 1.12 bits per heavy atom. The van der Waals surface area contributed by atoms with E-state index in [0.717, 1.165) is 30.9 Å². The van der Waals surface area contributed by atoms with Gasteiger partial charge in [-0.3, -0.25) is 4.79 Å². The van der Waals surface area contributed by atoms with Crippen molar-refractivity contribution in [1.29, 1.82) is 0 Å². The zero-order valence-corrected chi connectivity index (χ0v) is 9.01. The predicted molar refractivity (Wildman–Crippen MR) is 57.2 cm³/mol. The van der Waals surface area contributed by atoms with Gasteiger partial charge in [-0.05, 0) is 36.5 Å². The van der Waals surface area contributed by atoms with Crippen LogP contribution >= 0.6 is 0 Å². The molecule has 0 aromatic heterocycles. The lowest BCUT2D eigenvalue weighted by molar-refractivity contribution is -0.119. The van der Waals surface area contributed by atoms with E-state index >= 15 is 0 Å². The lowest BCUT2D eigenvalue weighted by atomic mass is 9.91. The summed E-state index contributed by atoms with van der Waals surface area (Å²) in [6, 6.07) is 3.94. The number of hydrogen-bond donors (Lipinski definition) is 0. The van der Waals surface area contributed by atoms with Crippen molar-refractivity contribution >= 4 is 5.78 Å². The molecule has 1 atom stereocenters. The minimum absolute atomic E-state index is 0.0603. The van der Waals surface area contributed by atoms with Gasteiger partial charge in [-0.2, -0.15) is 0 Å². The van der Waals surface area contributed by atoms with Gasteiger partial charge < -0.3 is 0 Å². The first-order chi connectivity index (χ1) is 7.66. The zero-order valence-electron chi connectivity index (χ0n) is 9.01. The van der Waals surface area contributed by atoms with Gasteiger partial charge in [0.05, 0.1) is 0 Å². The Morgan fingerprint density at radius 3 is 2.69 bits per heavy atom. The van der Waals surface area contributed by atoms with E-state index < -0.39 is 11.6 Å². The molecule has 0 saturated heterocycles. The molecule has 0 aliphatic heterocycles. The Labute approximate surface area is 93.5 Å². The van der Waals surface area contributed by atoms with Crippen LogP contribution in [0.4, 0.5) is 8.78 Å². The average molecular weight is 224 g/mol. The molecule has 0 amide bonds. The quantitative estimate of drug-likeness (QED) is 0.666. The summed E-state index contributed by atoms with van der Waals surface area (Å²) in [6.45, 7) is 0. The molecule has 1 aromatic carbocycles. The maximum Gasteiger partial charge on any atom is 0.159 e. The number of carbonyl (C=O) groups is 1. The molecular formula is C13H14F2O. The van der Waals surface area contributed by atoms with E-state index in [-0.39, 0.29) is 11.7 Å². The lowest BCUT2D eigenvalue weighted by Gasteiger charge is -2.13. The van der Waals surface area contributed by atoms with Gasteiger partial charge in [0, 0.05) is 12.8 Å². The molecule has 0 spiro atoms.